The summed E-state index contributed by atoms with van der Waals surface area (Å²) >= 11 is 1.55. The minimum atomic E-state index is -0.359. The smallest absolute Gasteiger partial charge is 0.287 e. The molecule has 4 aromatic rings. The molecule has 2 heterocycles. The number of Topliss-reactive ketones (excluding diaryl/α,β-unsaturated/α-hetero) is 1. The van der Waals surface area contributed by atoms with Crippen molar-refractivity contribution in [3.05, 3.63) is 96.3 Å². The summed E-state index contributed by atoms with van der Waals surface area (Å²) in [6, 6.07) is 20.9. The van der Waals surface area contributed by atoms with Crippen LogP contribution in [0.25, 0.3) is 10.8 Å². The molecule has 7 heteroatoms. The number of hydrogen-bond donors (Lipinski definition) is 2. The number of ketones is 1. The van der Waals surface area contributed by atoms with Crippen LogP contribution in [0, 0.1) is 5.92 Å². The van der Waals surface area contributed by atoms with Crippen molar-refractivity contribution in [2.45, 2.75) is 44.5 Å². The maximum Gasteiger partial charge on any atom is 0.287 e. The van der Waals surface area contributed by atoms with Crippen LogP contribution in [0.1, 0.15) is 42.1 Å². The van der Waals surface area contributed by atoms with Gasteiger partial charge in [0.05, 0.1) is 30.1 Å². The number of furan rings is 2. The molecule has 2 atom stereocenters. The first-order chi connectivity index (χ1) is 18.0. The van der Waals surface area contributed by atoms with Gasteiger partial charge in [0, 0.05) is 23.4 Å². The molecule has 2 aromatic carbocycles. The summed E-state index contributed by atoms with van der Waals surface area (Å²) in [5, 5.41) is 8.30. The molecule has 0 fully saturated rings. The van der Waals surface area contributed by atoms with Crippen LogP contribution in [0.4, 0.5) is 0 Å². The van der Waals surface area contributed by atoms with Crippen LogP contribution in [0.15, 0.2) is 88.1 Å². The Kier molecular flexibility index (Phi) is 9.63. The summed E-state index contributed by atoms with van der Waals surface area (Å²) in [5.74, 6) is 2.46. The number of nitrogens with one attached hydrogen (secondary N) is 2. The highest BCUT2D eigenvalue weighted by Gasteiger charge is 2.23. The Morgan fingerprint density at radius 2 is 1.73 bits per heavy atom. The molecule has 6 nitrogen and oxygen atoms in total. The van der Waals surface area contributed by atoms with E-state index in [1.807, 2.05) is 66.7 Å². The largest absolute Gasteiger partial charge is 0.468 e. The Bertz CT molecular complexity index is 1270. The number of benzene rings is 2. The maximum absolute atomic E-state index is 13.2. The van der Waals surface area contributed by atoms with E-state index in [1.54, 1.807) is 24.3 Å². The van der Waals surface area contributed by atoms with Crippen molar-refractivity contribution in [2.75, 3.05) is 12.3 Å². The van der Waals surface area contributed by atoms with Gasteiger partial charge in [-0.15, -0.1) is 11.8 Å². The van der Waals surface area contributed by atoms with Crippen LogP contribution in [0.5, 0.6) is 0 Å². The van der Waals surface area contributed by atoms with E-state index in [-0.39, 0.29) is 23.8 Å². The quantitative estimate of drug-likeness (QED) is 0.217. The Labute approximate surface area is 222 Å². The van der Waals surface area contributed by atoms with E-state index in [2.05, 4.69) is 24.5 Å². The van der Waals surface area contributed by atoms with Crippen molar-refractivity contribution >= 4 is 34.2 Å². The third-order valence-electron chi connectivity index (χ3n) is 6.16. The van der Waals surface area contributed by atoms with Gasteiger partial charge in [-0.05, 0) is 36.5 Å². The van der Waals surface area contributed by atoms with E-state index in [0.29, 0.717) is 36.1 Å². The number of carbonyl (C=O) groups excluding carboxylic acids is 2. The van der Waals surface area contributed by atoms with Gasteiger partial charge in [0.25, 0.3) is 5.91 Å². The fourth-order valence-electron chi connectivity index (χ4n) is 4.36. The molecule has 4 rings (SSSR count). The highest BCUT2D eigenvalue weighted by molar-refractivity contribution is 7.99. The van der Waals surface area contributed by atoms with Gasteiger partial charge in [-0.2, -0.15) is 0 Å². The molecule has 0 radical (unpaired) electrons. The Hall–Kier alpha value is -3.29. The van der Waals surface area contributed by atoms with Gasteiger partial charge < -0.3 is 19.5 Å². The van der Waals surface area contributed by atoms with Crippen LogP contribution in [0.2, 0.25) is 0 Å². The van der Waals surface area contributed by atoms with E-state index < -0.39 is 0 Å². The minimum absolute atomic E-state index is 0.132. The zero-order valence-corrected chi connectivity index (χ0v) is 22.1. The van der Waals surface area contributed by atoms with Gasteiger partial charge in [0.1, 0.15) is 5.76 Å². The van der Waals surface area contributed by atoms with Crippen molar-refractivity contribution in [3.63, 3.8) is 0 Å². The highest BCUT2D eigenvalue weighted by Crippen LogP contribution is 2.21. The lowest BCUT2D eigenvalue weighted by molar-refractivity contribution is -0.118. The summed E-state index contributed by atoms with van der Waals surface area (Å²) in [6.45, 7) is 4.73. The monoisotopic (exact) mass is 518 g/mol. The van der Waals surface area contributed by atoms with Crippen molar-refractivity contribution in [3.8, 4) is 0 Å². The van der Waals surface area contributed by atoms with Crippen LogP contribution in [-0.2, 0) is 17.0 Å². The third kappa shape index (κ3) is 7.84. The molecule has 1 amide bonds. The molecule has 2 aromatic heterocycles. The van der Waals surface area contributed by atoms with Crippen molar-refractivity contribution in [1.29, 1.82) is 0 Å². The Morgan fingerprint density at radius 1 is 0.946 bits per heavy atom. The second-order valence-electron chi connectivity index (χ2n) is 9.64. The minimum Gasteiger partial charge on any atom is -0.468 e. The topological polar surface area (TPSA) is 84.5 Å². The average molecular weight is 519 g/mol. The van der Waals surface area contributed by atoms with E-state index in [1.165, 1.54) is 0 Å². The first kappa shape index (κ1) is 26.8. The van der Waals surface area contributed by atoms with Gasteiger partial charge in [-0.1, -0.05) is 68.4 Å². The second kappa shape index (κ2) is 13.3. The lowest BCUT2D eigenvalue weighted by Gasteiger charge is -2.24. The molecule has 2 unspecified atom stereocenters. The standard InChI is InChI=1S/C30H34N2O4S/c1-21(2)15-24(32-30(34)29-26-13-7-6-11-23(26)18-36-29)17-31-27(16-22-9-4-3-5-10-22)28(33)20-37-19-25-12-8-14-35-25/h3-14,18,21,24,27,31H,15-17,19-20H2,1-2H3,(H,32,34). The average Bonchev–Trinajstić information content (AvgIpc) is 3.56. The van der Waals surface area contributed by atoms with Gasteiger partial charge in [-0.25, -0.2) is 0 Å². The number of hydrogen-bond acceptors (Lipinski definition) is 6. The van der Waals surface area contributed by atoms with Crippen molar-refractivity contribution in [2.24, 2.45) is 5.92 Å². The predicted octanol–water partition coefficient (Wildman–Crippen LogP) is 5.87. The Balaban J connectivity index is 1.41. The van der Waals surface area contributed by atoms with Crippen LogP contribution in [0.3, 0.4) is 0 Å². The lowest BCUT2D eigenvalue weighted by atomic mass is 10.0. The molecule has 0 saturated heterocycles. The summed E-state index contributed by atoms with van der Waals surface area (Å²) in [7, 11) is 0. The molecular formula is C30H34N2O4S. The molecule has 0 aliphatic carbocycles. The van der Waals surface area contributed by atoms with Crippen molar-refractivity contribution in [1.82, 2.24) is 10.6 Å². The van der Waals surface area contributed by atoms with E-state index in [4.69, 9.17) is 8.83 Å². The predicted molar refractivity (Wildman–Crippen MR) is 149 cm³/mol. The summed E-state index contributed by atoms with van der Waals surface area (Å²) in [6.07, 6.45) is 4.62. The number of carbonyl (C=O) groups is 2. The van der Waals surface area contributed by atoms with Gasteiger partial charge >= 0.3 is 0 Å². The van der Waals surface area contributed by atoms with E-state index in [0.717, 1.165) is 28.5 Å². The van der Waals surface area contributed by atoms with Crippen LogP contribution < -0.4 is 10.6 Å². The second-order valence-corrected chi connectivity index (χ2v) is 10.6. The van der Waals surface area contributed by atoms with Crippen LogP contribution >= 0.6 is 11.8 Å². The fraction of sp³-hybridized carbons (Fsp3) is 0.333. The molecule has 0 saturated carbocycles. The van der Waals surface area contributed by atoms with Crippen LogP contribution in [-0.4, -0.2) is 36.1 Å². The zero-order valence-electron chi connectivity index (χ0n) is 21.3. The molecule has 194 valence electrons. The Morgan fingerprint density at radius 3 is 2.49 bits per heavy atom. The number of amides is 1. The van der Waals surface area contributed by atoms with E-state index >= 15 is 0 Å². The van der Waals surface area contributed by atoms with Gasteiger partial charge in [0.15, 0.2) is 11.5 Å². The molecule has 37 heavy (non-hydrogen) atoms. The fourth-order valence-corrected chi connectivity index (χ4v) is 5.23. The number of rotatable bonds is 14. The van der Waals surface area contributed by atoms with Gasteiger partial charge in [-0.3, -0.25) is 9.59 Å². The van der Waals surface area contributed by atoms with Crippen molar-refractivity contribution < 1.29 is 18.4 Å². The molecule has 0 aliphatic heterocycles. The normalized spacial score (nSPS) is 13.1. The first-order valence-corrected chi connectivity index (χ1v) is 13.8. The molecule has 0 bridgehead atoms. The van der Waals surface area contributed by atoms with E-state index in [9.17, 15) is 9.59 Å². The summed E-state index contributed by atoms with van der Waals surface area (Å²) in [4.78, 5) is 26.4. The maximum atomic E-state index is 13.2. The zero-order chi connectivity index (χ0) is 26.0. The molecule has 2 N–H and O–H groups in total. The molecular weight excluding hydrogens is 484 g/mol. The first-order valence-electron chi connectivity index (χ1n) is 12.7. The SMILES string of the molecule is CC(C)CC(CNC(Cc1ccccc1)C(=O)CSCc1ccco1)NC(=O)c1occ2ccccc12. The third-order valence-corrected chi connectivity index (χ3v) is 7.13. The number of thioether (sulfide) groups is 1. The lowest BCUT2D eigenvalue weighted by Crippen LogP contribution is -2.48. The highest BCUT2D eigenvalue weighted by atomic mass is 32.2. The number of fused-ring (bicyclic) bond motifs is 1. The van der Waals surface area contributed by atoms with Gasteiger partial charge in [0.2, 0.25) is 0 Å². The summed E-state index contributed by atoms with van der Waals surface area (Å²) < 4.78 is 11.0. The molecule has 0 aliphatic rings. The molecule has 0 spiro atoms. The summed E-state index contributed by atoms with van der Waals surface area (Å²) in [5.41, 5.74) is 1.09.